The second kappa shape index (κ2) is 15.3. The number of carbonyl (C=O) groups excluding carboxylic acids is 2. The van der Waals surface area contributed by atoms with Crippen LogP contribution >= 0.6 is 0 Å². The molecule has 2 fully saturated rings. The maximum atomic E-state index is 12.0. The zero-order chi connectivity index (χ0) is 27.5. The Morgan fingerprint density at radius 2 is 1.29 bits per heavy atom. The summed E-state index contributed by atoms with van der Waals surface area (Å²) in [5.41, 5.74) is 1.98. The third-order valence-corrected chi connectivity index (χ3v) is 7.07. The van der Waals surface area contributed by atoms with Gasteiger partial charge in [-0.15, -0.1) is 0 Å². The van der Waals surface area contributed by atoms with Crippen molar-refractivity contribution in [3.63, 3.8) is 0 Å². The first kappa shape index (κ1) is 30.2. The first-order chi connectivity index (χ1) is 18.2. The Labute approximate surface area is 227 Å². The summed E-state index contributed by atoms with van der Waals surface area (Å²) in [5, 5.41) is 0. The van der Waals surface area contributed by atoms with Crippen molar-refractivity contribution in [2.75, 3.05) is 0 Å². The van der Waals surface area contributed by atoms with Gasteiger partial charge in [0.15, 0.2) is 6.29 Å². The predicted octanol–water partition coefficient (Wildman–Crippen LogP) is 7.83. The Bertz CT molecular complexity index is 812. The lowest BCUT2D eigenvalue weighted by atomic mass is 9.78. The fourth-order valence-electron chi connectivity index (χ4n) is 5.18. The summed E-state index contributed by atoms with van der Waals surface area (Å²) in [7, 11) is 0. The van der Waals surface area contributed by atoms with Gasteiger partial charge in [-0.25, -0.2) is 9.59 Å². The van der Waals surface area contributed by atoms with Crippen molar-refractivity contribution in [1.82, 2.24) is 0 Å². The van der Waals surface area contributed by atoms with Crippen molar-refractivity contribution >= 4 is 12.3 Å². The van der Waals surface area contributed by atoms with E-state index in [2.05, 4.69) is 19.1 Å². The summed E-state index contributed by atoms with van der Waals surface area (Å²) in [6, 6.07) is 7.96. The highest BCUT2D eigenvalue weighted by Crippen LogP contribution is 2.35. The maximum absolute atomic E-state index is 12.0. The van der Waals surface area contributed by atoms with Crippen molar-refractivity contribution in [2.24, 2.45) is 11.8 Å². The Balaban J connectivity index is 1.47. The van der Waals surface area contributed by atoms with Crippen LogP contribution in [0, 0.1) is 11.8 Å². The molecule has 1 aliphatic heterocycles. The minimum atomic E-state index is -1.29. The lowest BCUT2D eigenvalue weighted by Gasteiger charge is -2.28. The highest BCUT2D eigenvalue weighted by Gasteiger charge is 2.43. The summed E-state index contributed by atoms with van der Waals surface area (Å²) >= 11 is 0. The van der Waals surface area contributed by atoms with E-state index in [-0.39, 0.29) is 12.2 Å². The van der Waals surface area contributed by atoms with Gasteiger partial charge in [0.2, 0.25) is 0 Å². The van der Waals surface area contributed by atoms with Crippen LogP contribution in [-0.4, -0.2) is 37.1 Å². The van der Waals surface area contributed by atoms with Gasteiger partial charge in [0.1, 0.15) is 0 Å². The van der Waals surface area contributed by atoms with E-state index in [1.807, 2.05) is 12.1 Å². The zero-order valence-electron chi connectivity index (χ0n) is 23.7. The third-order valence-electron chi connectivity index (χ3n) is 7.07. The van der Waals surface area contributed by atoms with Gasteiger partial charge in [-0.3, -0.25) is 0 Å². The van der Waals surface area contributed by atoms with E-state index in [1.54, 1.807) is 27.7 Å². The number of aryl methyl sites for hydroxylation is 1. The summed E-state index contributed by atoms with van der Waals surface area (Å²) in [4.78, 5) is 24.0. The van der Waals surface area contributed by atoms with Crippen molar-refractivity contribution in [1.29, 1.82) is 0 Å². The van der Waals surface area contributed by atoms with Gasteiger partial charge in [0.05, 0.1) is 12.2 Å². The quantitative estimate of drug-likeness (QED) is 0.198. The maximum Gasteiger partial charge on any atom is 0.511 e. The molecule has 0 radical (unpaired) electrons. The van der Waals surface area contributed by atoms with E-state index in [0.717, 1.165) is 23.8 Å². The number of hydrogen-bond donors (Lipinski definition) is 0. The lowest BCUT2D eigenvalue weighted by molar-refractivity contribution is -0.163. The molecule has 214 valence electrons. The molecule has 1 saturated carbocycles. The van der Waals surface area contributed by atoms with E-state index < -0.39 is 31.2 Å². The van der Waals surface area contributed by atoms with Gasteiger partial charge < -0.3 is 28.4 Å². The van der Waals surface area contributed by atoms with Crippen molar-refractivity contribution in [3.8, 4) is 0 Å². The molecule has 0 aromatic heterocycles. The molecule has 1 aliphatic carbocycles. The van der Waals surface area contributed by atoms with Gasteiger partial charge in [0.25, 0.3) is 12.6 Å². The van der Waals surface area contributed by atoms with Gasteiger partial charge in [-0.2, -0.15) is 0 Å². The number of unbranched alkanes of at least 4 members (excludes halogenated alkanes) is 1. The second-order valence-corrected chi connectivity index (χ2v) is 11.1. The molecule has 1 saturated heterocycles. The molecule has 0 spiro atoms. The van der Waals surface area contributed by atoms with Crippen LogP contribution < -0.4 is 0 Å². The van der Waals surface area contributed by atoms with Crippen LogP contribution in [0.1, 0.15) is 110 Å². The largest absolute Gasteiger partial charge is 0.511 e. The van der Waals surface area contributed by atoms with Gasteiger partial charge in [0, 0.05) is 5.56 Å². The monoisotopic (exact) mass is 534 g/mol. The Morgan fingerprint density at radius 1 is 0.789 bits per heavy atom. The lowest BCUT2D eigenvalue weighted by Crippen LogP contribution is -2.34. The van der Waals surface area contributed by atoms with E-state index in [0.29, 0.717) is 0 Å². The minimum Gasteiger partial charge on any atom is -0.432 e. The molecule has 1 heterocycles. The van der Waals surface area contributed by atoms with Gasteiger partial charge in [-0.05, 0) is 57.9 Å². The van der Waals surface area contributed by atoms with Crippen molar-refractivity contribution < 1.29 is 38.0 Å². The van der Waals surface area contributed by atoms with Crippen LogP contribution in [0.15, 0.2) is 24.3 Å². The Morgan fingerprint density at radius 3 is 1.76 bits per heavy atom. The molecule has 1 aromatic rings. The molecule has 38 heavy (non-hydrogen) atoms. The Kier molecular flexibility index (Phi) is 12.2. The average molecular weight is 535 g/mol. The Hall–Kier alpha value is -2.32. The summed E-state index contributed by atoms with van der Waals surface area (Å²) in [6.45, 7) is 9.09. The number of ether oxygens (including phenoxy) is 6. The molecule has 0 bridgehead atoms. The topological polar surface area (TPSA) is 89.5 Å². The van der Waals surface area contributed by atoms with E-state index >= 15 is 0 Å². The molecule has 0 unspecified atom stereocenters. The highest BCUT2D eigenvalue weighted by atomic mass is 16.9. The molecule has 0 N–H and O–H groups in total. The van der Waals surface area contributed by atoms with Crippen LogP contribution in [0.3, 0.4) is 0 Å². The fourth-order valence-corrected chi connectivity index (χ4v) is 5.18. The first-order valence-electron chi connectivity index (χ1n) is 14.4. The summed E-state index contributed by atoms with van der Waals surface area (Å²) in [6.07, 6.45) is 7.07. The second-order valence-electron chi connectivity index (χ2n) is 11.1. The minimum absolute atomic E-state index is 0.376. The van der Waals surface area contributed by atoms with E-state index in [4.69, 9.17) is 28.4 Å². The molecule has 8 heteroatoms. The van der Waals surface area contributed by atoms with Gasteiger partial charge in [-0.1, -0.05) is 82.6 Å². The molecular weight excluding hydrogens is 488 g/mol. The summed E-state index contributed by atoms with van der Waals surface area (Å²) in [5.74, 6) is 1.87. The molecule has 2 atom stereocenters. The molecule has 3 rings (SSSR count). The summed E-state index contributed by atoms with van der Waals surface area (Å²) < 4.78 is 32.0. The number of carbonyl (C=O) groups is 2. The first-order valence-corrected chi connectivity index (χ1v) is 14.4. The number of rotatable bonds is 12. The molecular formula is C30H46O8. The molecule has 0 amide bonds. The van der Waals surface area contributed by atoms with Crippen molar-refractivity contribution in [2.45, 2.75) is 130 Å². The van der Waals surface area contributed by atoms with Crippen LogP contribution in [0.2, 0.25) is 0 Å². The zero-order valence-corrected chi connectivity index (χ0v) is 23.7. The standard InChI is InChI=1S/C30H46O8/c1-6-9-22-12-14-23(15-13-22)10-7-8-11-24-16-18-25(19-17-24)26-35-27(37-29(31)33-20(2)3)28(36-26)38-30(32)34-21(4)5/h16-23,26-28H,6-15H2,1-5H3/t22?,23?,27-,28-/m1/s1. The normalized spacial score (nSPS) is 24.0. The van der Waals surface area contributed by atoms with E-state index in [1.165, 1.54) is 63.4 Å². The van der Waals surface area contributed by atoms with Crippen LogP contribution in [0.5, 0.6) is 0 Å². The van der Waals surface area contributed by atoms with Crippen molar-refractivity contribution in [3.05, 3.63) is 35.4 Å². The van der Waals surface area contributed by atoms with Crippen LogP contribution in [0.4, 0.5) is 9.59 Å². The van der Waals surface area contributed by atoms with E-state index in [9.17, 15) is 9.59 Å². The predicted molar refractivity (Wildman–Crippen MR) is 142 cm³/mol. The van der Waals surface area contributed by atoms with Gasteiger partial charge >= 0.3 is 12.3 Å². The highest BCUT2D eigenvalue weighted by molar-refractivity contribution is 5.61. The molecule has 1 aromatic carbocycles. The smallest absolute Gasteiger partial charge is 0.432 e. The van der Waals surface area contributed by atoms with Crippen LogP contribution in [-0.2, 0) is 34.8 Å². The molecule has 2 aliphatic rings. The SMILES string of the molecule is CCCC1CCC(CCCCc2ccc(C3O[C@H](OC(=O)OC(C)C)[C@@H](OC(=O)OC(C)C)O3)cc2)CC1. The average Bonchev–Trinajstić information content (AvgIpc) is 3.24. The third kappa shape index (κ3) is 10.1. The fraction of sp³-hybridized carbons (Fsp3) is 0.733. The number of benzene rings is 1. The molecule has 8 nitrogen and oxygen atoms in total. The number of hydrogen-bond acceptors (Lipinski definition) is 8. The van der Waals surface area contributed by atoms with Crippen LogP contribution in [0.25, 0.3) is 0 Å².